The lowest BCUT2D eigenvalue weighted by Crippen LogP contribution is -2.26. The predicted molar refractivity (Wildman–Crippen MR) is 83.8 cm³/mol. The molecule has 0 fully saturated rings. The van der Waals surface area contributed by atoms with Crippen LogP contribution in [0.25, 0.3) is 0 Å². The third-order valence-corrected chi connectivity index (χ3v) is 3.37. The number of nitriles is 1. The molecule has 0 saturated heterocycles. The first kappa shape index (κ1) is 17.8. The Hall–Kier alpha value is -2.59. The molecule has 2 rings (SSSR count). The van der Waals surface area contributed by atoms with Crippen molar-refractivity contribution >= 4 is 0 Å². The molecule has 1 heterocycles. The topological polar surface area (TPSA) is 44.9 Å². The molecule has 0 aliphatic rings. The quantitative estimate of drug-likeness (QED) is 0.728. The minimum Gasteiger partial charge on any atom is -0.325 e. The number of aromatic nitrogens is 2. The third kappa shape index (κ3) is 5.25. The minimum atomic E-state index is -4.29. The van der Waals surface area contributed by atoms with Crippen LogP contribution in [0.1, 0.15) is 17.0 Å². The second kappa shape index (κ2) is 7.79. The predicted octanol–water partition coefficient (Wildman–Crippen LogP) is 3.51. The van der Waals surface area contributed by atoms with Crippen molar-refractivity contribution in [3.63, 3.8) is 0 Å². The number of hydrogen-bond donors (Lipinski definition) is 0. The Morgan fingerprint density at radius 2 is 2.12 bits per heavy atom. The van der Waals surface area contributed by atoms with Gasteiger partial charge in [0.05, 0.1) is 18.2 Å². The summed E-state index contributed by atoms with van der Waals surface area (Å²) in [5.74, 6) is 0.339. The fraction of sp³-hybridized carbons (Fsp3) is 0.294. The number of hydrogen-bond acceptors (Lipinski definition) is 3. The summed E-state index contributed by atoms with van der Waals surface area (Å²) >= 11 is 0. The van der Waals surface area contributed by atoms with Crippen LogP contribution in [0.4, 0.5) is 13.2 Å². The van der Waals surface area contributed by atoms with Gasteiger partial charge in [-0.25, -0.2) is 4.98 Å². The van der Waals surface area contributed by atoms with E-state index in [4.69, 9.17) is 5.26 Å². The summed E-state index contributed by atoms with van der Waals surface area (Å²) in [5, 5.41) is 8.95. The standard InChI is InChI=1S/C17H17F3N4/c1-2-7-23(11-15-5-3-4-14(9-15)10-21)12-16-22-6-8-24(16)13-17(18,19)20/h2-6,8-9H,1,7,11-13H2. The second-order valence-corrected chi connectivity index (χ2v) is 5.36. The highest BCUT2D eigenvalue weighted by molar-refractivity contribution is 5.32. The highest BCUT2D eigenvalue weighted by atomic mass is 19.4. The number of imidazole rings is 1. The van der Waals surface area contributed by atoms with Gasteiger partial charge in [-0.3, -0.25) is 4.90 Å². The molecular weight excluding hydrogens is 317 g/mol. The van der Waals surface area contributed by atoms with Gasteiger partial charge in [-0.15, -0.1) is 6.58 Å². The van der Waals surface area contributed by atoms with E-state index in [2.05, 4.69) is 17.6 Å². The molecule has 1 aromatic carbocycles. The van der Waals surface area contributed by atoms with Gasteiger partial charge in [0.1, 0.15) is 12.4 Å². The van der Waals surface area contributed by atoms with Crippen molar-refractivity contribution in [1.29, 1.82) is 5.26 Å². The molecule has 1 aromatic heterocycles. The Kier molecular flexibility index (Phi) is 5.77. The van der Waals surface area contributed by atoms with Crippen molar-refractivity contribution in [1.82, 2.24) is 14.5 Å². The summed E-state index contributed by atoms with van der Waals surface area (Å²) in [5.41, 5.74) is 1.45. The lowest BCUT2D eigenvalue weighted by Gasteiger charge is -2.21. The van der Waals surface area contributed by atoms with Gasteiger partial charge >= 0.3 is 6.18 Å². The van der Waals surface area contributed by atoms with Crippen LogP contribution in [0.3, 0.4) is 0 Å². The number of halogens is 3. The minimum absolute atomic E-state index is 0.256. The van der Waals surface area contributed by atoms with E-state index in [0.717, 1.165) is 10.1 Å². The molecule has 4 nitrogen and oxygen atoms in total. The van der Waals surface area contributed by atoms with Gasteiger partial charge in [0.2, 0.25) is 0 Å². The SMILES string of the molecule is C=CCN(Cc1cccc(C#N)c1)Cc1nccn1CC(F)(F)F. The van der Waals surface area contributed by atoms with Crippen molar-refractivity contribution in [2.45, 2.75) is 25.8 Å². The van der Waals surface area contributed by atoms with E-state index in [0.29, 0.717) is 24.5 Å². The molecule has 0 N–H and O–H groups in total. The molecule has 0 spiro atoms. The lowest BCUT2D eigenvalue weighted by molar-refractivity contribution is -0.141. The molecule has 0 saturated carbocycles. The molecule has 126 valence electrons. The smallest absolute Gasteiger partial charge is 0.325 e. The Labute approximate surface area is 138 Å². The maximum atomic E-state index is 12.6. The van der Waals surface area contributed by atoms with Crippen molar-refractivity contribution in [2.24, 2.45) is 0 Å². The van der Waals surface area contributed by atoms with E-state index in [1.165, 1.54) is 12.4 Å². The Balaban J connectivity index is 2.13. The van der Waals surface area contributed by atoms with Gasteiger partial charge < -0.3 is 4.57 Å². The molecule has 0 aliphatic carbocycles. The van der Waals surface area contributed by atoms with Crippen LogP contribution >= 0.6 is 0 Å². The normalized spacial score (nSPS) is 11.5. The molecule has 0 bridgehead atoms. The first-order chi connectivity index (χ1) is 11.4. The highest BCUT2D eigenvalue weighted by Crippen LogP contribution is 2.19. The number of nitrogens with zero attached hydrogens (tertiary/aromatic N) is 4. The Morgan fingerprint density at radius 3 is 2.79 bits per heavy atom. The average molecular weight is 334 g/mol. The maximum Gasteiger partial charge on any atom is 0.406 e. The van der Waals surface area contributed by atoms with E-state index in [1.54, 1.807) is 24.3 Å². The fourth-order valence-electron chi connectivity index (χ4n) is 2.39. The van der Waals surface area contributed by atoms with E-state index in [9.17, 15) is 13.2 Å². The van der Waals surface area contributed by atoms with Crippen molar-refractivity contribution in [3.8, 4) is 6.07 Å². The fourth-order valence-corrected chi connectivity index (χ4v) is 2.39. The largest absolute Gasteiger partial charge is 0.406 e. The Bertz CT molecular complexity index is 728. The zero-order chi connectivity index (χ0) is 17.6. The summed E-state index contributed by atoms with van der Waals surface area (Å²) in [4.78, 5) is 5.95. The summed E-state index contributed by atoms with van der Waals surface area (Å²) in [6.07, 6.45) is 0.0830. The van der Waals surface area contributed by atoms with Gasteiger partial charge in [-0.2, -0.15) is 18.4 Å². The van der Waals surface area contributed by atoms with E-state index in [-0.39, 0.29) is 6.54 Å². The van der Waals surface area contributed by atoms with Crippen molar-refractivity contribution in [3.05, 3.63) is 66.3 Å². The van der Waals surface area contributed by atoms with Gasteiger partial charge in [-0.1, -0.05) is 18.2 Å². The zero-order valence-corrected chi connectivity index (χ0v) is 13.0. The van der Waals surface area contributed by atoms with Crippen molar-refractivity contribution in [2.75, 3.05) is 6.54 Å². The van der Waals surface area contributed by atoms with Crippen molar-refractivity contribution < 1.29 is 13.2 Å². The highest BCUT2D eigenvalue weighted by Gasteiger charge is 2.29. The van der Waals surface area contributed by atoms with E-state index < -0.39 is 12.7 Å². The van der Waals surface area contributed by atoms with Crippen LogP contribution in [0, 0.1) is 11.3 Å². The summed E-state index contributed by atoms with van der Waals surface area (Å²) in [6, 6.07) is 9.20. The first-order valence-corrected chi connectivity index (χ1v) is 7.30. The molecular formula is C17H17F3N4. The number of benzene rings is 1. The molecule has 0 unspecified atom stereocenters. The van der Waals surface area contributed by atoms with Gasteiger partial charge in [-0.05, 0) is 17.7 Å². The van der Waals surface area contributed by atoms with Crippen LogP contribution in [0.15, 0.2) is 49.3 Å². The zero-order valence-electron chi connectivity index (χ0n) is 13.0. The second-order valence-electron chi connectivity index (χ2n) is 5.36. The monoisotopic (exact) mass is 334 g/mol. The van der Waals surface area contributed by atoms with Gasteiger partial charge in [0.15, 0.2) is 0 Å². The summed E-state index contributed by atoms with van der Waals surface area (Å²) in [6.45, 7) is 3.86. The summed E-state index contributed by atoms with van der Waals surface area (Å²) in [7, 11) is 0. The van der Waals surface area contributed by atoms with Gasteiger partial charge in [0, 0.05) is 25.5 Å². The molecule has 0 aliphatic heterocycles. The number of alkyl halides is 3. The Morgan fingerprint density at radius 1 is 1.33 bits per heavy atom. The first-order valence-electron chi connectivity index (χ1n) is 7.30. The van der Waals surface area contributed by atoms with Crippen LogP contribution in [-0.2, 0) is 19.6 Å². The van der Waals surface area contributed by atoms with E-state index >= 15 is 0 Å². The average Bonchev–Trinajstić information content (AvgIpc) is 2.92. The summed E-state index contributed by atoms with van der Waals surface area (Å²) < 4.78 is 38.9. The van der Waals surface area contributed by atoms with Crippen LogP contribution in [-0.4, -0.2) is 27.2 Å². The van der Waals surface area contributed by atoms with Crippen LogP contribution in [0.2, 0.25) is 0 Å². The molecule has 2 aromatic rings. The molecule has 0 amide bonds. The maximum absolute atomic E-state index is 12.6. The molecule has 24 heavy (non-hydrogen) atoms. The molecule has 7 heteroatoms. The number of rotatable bonds is 7. The molecule has 0 radical (unpaired) electrons. The van der Waals surface area contributed by atoms with Crippen LogP contribution in [0.5, 0.6) is 0 Å². The third-order valence-electron chi connectivity index (χ3n) is 3.37. The van der Waals surface area contributed by atoms with Gasteiger partial charge in [0.25, 0.3) is 0 Å². The van der Waals surface area contributed by atoms with Crippen LogP contribution < -0.4 is 0 Å². The lowest BCUT2D eigenvalue weighted by atomic mass is 10.1. The molecule has 0 atom stereocenters. The van der Waals surface area contributed by atoms with E-state index in [1.807, 2.05) is 11.0 Å².